The summed E-state index contributed by atoms with van der Waals surface area (Å²) in [5.41, 5.74) is 1.55. The molecule has 2 N–H and O–H groups in total. The molecule has 0 heterocycles. The number of hydrogen-bond donors (Lipinski definition) is 3. The Hall–Kier alpha value is -0.330. The van der Waals surface area contributed by atoms with Crippen LogP contribution in [-0.4, -0.2) is 27.0 Å². The van der Waals surface area contributed by atoms with E-state index in [4.69, 9.17) is 17.4 Å². The predicted molar refractivity (Wildman–Crippen MR) is 62.7 cm³/mol. The summed E-state index contributed by atoms with van der Waals surface area (Å²) in [6, 6.07) is -0.628. The summed E-state index contributed by atoms with van der Waals surface area (Å²) in [7, 11) is 0. The van der Waals surface area contributed by atoms with Crippen molar-refractivity contribution in [2.45, 2.75) is 26.7 Å². The van der Waals surface area contributed by atoms with Crippen molar-refractivity contribution in [1.82, 2.24) is 10.4 Å². The Labute approximate surface area is 95.0 Å². The molecule has 0 aromatic rings. The van der Waals surface area contributed by atoms with Gasteiger partial charge in [-0.3, -0.25) is 10.1 Å². The third kappa shape index (κ3) is 4.26. The van der Waals surface area contributed by atoms with Gasteiger partial charge in [0.15, 0.2) is 0 Å². The van der Waals surface area contributed by atoms with Gasteiger partial charge in [-0.15, -0.1) is 12.6 Å². The molecule has 0 saturated heterocycles. The van der Waals surface area contributed by atoms with Gasteiger partial charge in [0.2, 0.25) is 0 Å². The Balaban J connectivity index is 4.36. The summed E-state index contributed by atoms with van der Waals surface area (Å²) >= 11 is 8.72. The molecule has 0 aliphatic heterocycles. The van der Waals surface area contributed by atoms with Crippen LogP contribution in [-0.2, 0) is 0 Å². The molecule has 0 atom stereocenters. The van der Waals surface area contributed by atoms with E-state index in [0.717, 1.165) is 12.8 Å². The molecular formula is C8H16N2O2S2. The van der Waals surface area contributed by atoms with Gasteiger partial charge in [0.1, 0.15) is 4.32 Å². The van der Waals surface area contributed by atoms with Gasteiger partial charge in [-0.2, -0.15) is 0 Å². The van der Waals surface area contributed by atoms with E-state index >= 15 is 0 Å². The summed E-state index contributed by atoms with van der Waals surface area (Å²) in [4.78, 5) is 12.4. The highest BCUT2D eigenvalue weighted by atomic mass is 32.1. The highest BCUT2D eigenvalue weighted by Crippen LogP contribution is 2.11. The molecule has 82 valence electrons. The third-order valence-corrected chi connectivity index (χ3v) is 2.63. The fourth-order valence-electron chi connectivity index (χ4n) is 1.11. The lowest BCUT2D eigenvalue weighted by molar-refractivity contribution is 0.142. The van der Waals surface area contributed by atoms with Crippen molar-refractivity contribution in [3.8, 4) is 0 Å². The lowest BCUT2D eigenvalue weighted by Crippen LogP contribution is -2.42. The second-order valence-corrected chi connectivity index (χ2v) is 4.11. The van der Waals surface area contributed by atoms with Crippen molar-refractivity contribution < 1.29 is 10.0 Å². The number of carbonyl (C=O) groups is 1. The lowest BCUT2D eigenvalue weighted by Gasteiger charge is -2.23. The number of thiol groups is 1. The Morgan fingerprint density at radius 3 is 2.36 bits per heavy atom. The third-order valence-electron chi connectivity index (χ3n) is 2.17. The maximum absolute atomic E-state index is 11.1. The lowest BCUT2D eigenvalue weighted by atomic mass is 10.0. The highest BCUT2D eigenvalue weighted by Gasteiger charge is 2.18. The Kier molecular flexibility index (Phi) is 6.86. The first-order chi connectivity index (χ1) is 6.56. The van der Waals surface area contributed by atoms with E-state index in [1.54, 1.807) is 5.48 Å². The zero-order valence-electron chi connectivity index (χ0n) is 8.36. The van der Waals surface area contributed by atoms with Crippen LogP contribution in [0.5, 0.6) is 0 Å². The van der Waals surface area contributed by atoms with Gasteiger partial charge in [0, 0.05) is 6.54 Å². The number of nitrogens with one attached hydrogen (secondary N) is 1. The fourth-order valence-corrected chi connectivity index (χ4v) is 1.44. The van der Waals surface area contributed by atoms with Crippen LogP contribution in [0.25, 0.3) is 0 Å². The second-order valence-electron chi connectivity index (χ2n) is 2.99. The van der Waals surface area contributed by atoms with Gasteiger partial charge >= 0.3 is 6.03 Å². The first kappa shape index (κ1) is 13.7. The Bertz CT molecular complexity index is 208. The van der Waals surface area contributed by atoms with Crippen LogP contribution in [0.4, 0.5) is 4.79 Å². The number of hydroxylamine groups is 1. The summed E-state index contributed by atoms with van der Waals surface area (Å²) in [6.07, 6.45) is 1.92. The Morgan fingerprint density at radius 2 is 2.07 bits per heavy atom. The van der Waals surface area contributed by atoms with Gasteiger partial charge in [0.05, 0.1) is 0 Å². The van der Waals surface area contributed by atoms with Crippen LogP contribution in [0.2, 0.25) is 0 Å². The smallest absolute Gasteiger partial charge is 0.287 e. The largest absolute Gasteiger partial charge is 0.346 e. The van der Waals surface area contributed by atoms with Crippen LogP contribution < -0.4 is 5.48 Å². The molecule has 0 fully saturated rings. The average Bonchev–Trinajstić information content (AvgIpc) is 2.18. The first-order valence-electron chi connectivity index (χ1n) is 4.51. The molecule has 0 aromatic heterocycles. The van der Waals surface area contributed by atoms with Gasteiger partial charge in [-0.25, -0.2) is 10.3 Å². The van der Waals surface area contributed by atoms with E-state index in [9.17, 15) is 4.79 Å². The average molecular weight is 236 g/mol. The summed E-state index contributed by atoms with van der Waals surface area (Å²) in [5, 5.41) is 8.48. The predicted octanol–water partition coefficient (Wildman–Crippen LogP) is 2.04. The van der Waals surface area contributed by atoms with Crippen LogP contribution in [0.1, 0.15) is 26.7 Å². The number of amides is 2. The van der Waals surface area contributed by atoms with E-state index in [0.29, 0.717) is 12.5 Å². The van der Waals surface area contributed by atoms with Crippen LogP contribution in [0, 0.1) is 5.92 Å². The van der Waals surface area contributed by atoms with Crippen LogP contribution >= 0.6 is 24.8 Å². The normalized spacial score (nSPS) is 10.1. The molecule has 0 spiro atoms. The topological polar surface area (TPSA) is 52.6 Å². The SMILES string of the molecule is CCC(CC)CN(C(=O)NO)C(=S)S. The molecule has 0 unspecified atom stereocenters. The van der Waals surface area contributed by atoms with E-state index < -0.39 is 6.03 Å². The molecule has 0 bridgehead atoms. The molecule has 0 radical (unpaired) electrons. The van der Waals surface area contributed by atoms with Crippen molar-refractivity contribution in [3.05, 3.63) is 0 Å². The van der Waals surface area contributed by atoms with Gasteiger partial charge in [0.25, 0.3) is 0 Å². The number of hydrogen-bond acceptors (Lipinski definition) is 3. The second kappa shape index (κ2) is 7.03. The van der Waals surface area contributed by atoms with Gasteiger partial charge in [-0.05, 0) is 5.92 Å². The molecule has 0 aliphatic carbocycles. The monoisotopic (exact) mass is 236 g/mol. The first-order valence-corrected chi connectivity index (χ1v) is 5.36. The molecule has 0 aromatic carbocycles. The van der Waals surface area contributed by atoms with Gasteiger partial charge in [-0.1, -0.05) is 38.9 Å². The number of urea groups is 1. The van der Waals surface area contributed by atoms with Crippen molar-refractivity contribution >= 4 is 35.2 Å². The quantitative estimate of drug-likeness (QED) is 0.303. The van der Waals surface area contributed by atoms with E-state index in [1.807, 2.05) is 13.8 Å². The fraction of sp³-hybridized carbons (Fsp3) is 0.750. The van der Waals surface area contributed by atoms with E-state index in [1.165, 1.54) is 4.90 Å². The van der Waals surface area contributed by atoms with Crippen molar-refractivity contribution in [1.29, 1.82) is 0 Å². The molecule has 0 saturated carbocycles. The van der Waals surface area contributed by atoms with Crippen LogP contribution in [0.15, 0.2) is 0 Å². The highest BCUT2D eigenvalue weighted by molar-refractivity contribution is 8.11. The molecule has 0 rings (SSSR count). The number of carbonyl (C=O) groups excluding carboxylic acids is 1. The van der Waals surface area contributed by atoms with Gasteiger partial charge < -0.3 is 0 Å². The van der Waals surface area contributed by atoms with Crippen molar-refractivity contribution in [2.75, 3.05) is 6.54 Å². The number of thiocarbonyl (C=S) groups is 1. The molecule has 0 aliphatic rings. The summed E-state index contributed by atoms with van der Waals surface area (Å²) in [5.74, 6) is 0.373. The van der Waals surface area contributed by atoms with Crippen molar-refractivity contribution in [3.63, 3.8) is 0 Å². The Morgan fingerprint density at radius 1 is 1.57 bits per heavy atom. The summed E-state index contributed by atoms with van der Waals surface area (Å²) < 4.78 is 0.170. The molecular weight excluding hydrogens is 220 g/mol. The zero-order valence-corrected chi connectivity index (χ0v) is 10.1. The maximum Gasteiger partial charge on any atom is 0.346 e. The van der Waals surface area contributed by atoms with E-state index in [2.05, 4.69) is 12.6 Å². The zero-order chi connectivity index (χ0) is 11.1. The van der Waals surface area contributed by atoms with Crippen LogP contribution in [0.3, 0.4) is 0 Å². The van der Waals surface area contributed by atoms with Crippen molar-refractivity contribution in [2.24, 2.45) is 5.92 Å². The van der Waals surface area contributed by atoms with E-state index in [-0.39, 0.29) is 4.32 Å². The number of nitrogens with zero attached hydrogens (tertiary/aromatic N) is 1. The molecule has 4 nitrogen and oxygen atoms in total. The molecule has 2 amide bonds. The minimum absolute atomic E-state index is 0.170. The maximum atomic E-state index is 11.1. The molecule has 6 heteroatoms. The minimum atomic E-state index is -0.628. The molecule has 14 heavy (non-hydrogen) atoms. The number of rotatable bonds is 4. The summed E-state index contributed by atoms with van der Waals surface area (Å²) in [6.45, 7) is 4.58. The minimum Gasteiger partial charge on any atom is -0.287 e. The standard InChI is InChI=1S/C8H16N2O2S2/c1-3-6(4-2)5-10(8(13)14)7(11)9-12/h6,12H,3-5H2,1-2H3,(H,9,11)(H,13,14).